The zero-order chi connectivity index (χ0) is 19.3. The van der Waals surface area contributed by atoms with Crippen LogP contribution in [0, 0.1) is 5.92 Å². The van der Waals surface area contributed by atoms with Crippen molar-refractivity contribution in [2.75, 3.05) is 7.11 Å². The summed E-state index contributed by atoms with van der Waals surface area (Å²) in [5, 5.41) is 2.69. The van der Waals surface area contributed by atoms with Crippen LogP contribution < -0.4 is 10.9 Å². The van der Waals surface area contributed by atoms with Crippen molar-refractivity contribution in [3.8, 4) is 0 Å². The van der Waals surface area contributed by atoms with Gasteiger partial charge in [-0.15, -0.1) is 0 Å². The number of nitrogens with one attached hydrogen (secondary N) is 1. The van der Waals surface area contributed by atoms with Gasteiger partial charge in [-0.1, -0.05) is 26.0 Å². The number of nitrogens with zero attached hydrogens (tertiary/aromatic N) is 2. The predicted octanol–water partition coefficient (Wildman–Crippen LogP) is 1.57. The highest BCUT2D eigenvalue weighted by molar-refractivity contribution is 5.84. The second-order valence-electron chi connectivity index (χ2n) is 6.68. The fourth-order valence-electron chi connectivity index (χ4n) is 2.83. The van der Waals surface area contributed by atoms with Gasteiger partial charge in [-0.2, -0.15) is 0 Å². The Hall–Kier alpha value is -2.70. The Morgan fingerprint density at radius 2 is 1.96 bits per heavy atom. The fourth-order valence-corrected chi connectivity index (χ4v) is 2.83. The smallest absolute Gasteiger partial charge is 0.328 e. The number of ether oxygens (including phenoxy) is 1. The Kier molecular flexibility index (Phi) is 6.49. The molecule has 1 aromatic heterocycles. The quantitative estimate of drug-likeness (QED) is 0.758. The van der Waals surface area contributed by atoms with Crippen LogP contribution in [0.4, 0.5) is 0 Å². The van der Waals surface area contributed by atoms with Crippen LogP contribution in [0.15, 0.2) is 29.1 Å². The van der Waals surface area contributed by atoms with Crippen molar-refractivity contribution in [1.82, 2.24) is 14.9 Å². The first kappa shape index (κ1) is 19.6. The number of aromatic nitrogens is 2. The van der Waals surface area contributed by atoms with E-state index in [1.54, 1.807) is 7.05 Å². The van der Waals surface area contributed by atoms with Crippen molar-refractivity contribution < 1.29 is 14.3 Å². The number of hydrogen-bond donors (Lipinski definition) is 1. The highest BCUT2D eigenvalue weighted by Gasteiger charge is 2.22. The summed E-state index contributed by atoms with van der Waals surface area (Å²) in [6, 6.07) is 6.67. The van der Waals surface area contributed by atoms with Crippen molar-refractivity contribution in [1.29, 1.82) is 0 Å². The molecule has 2 rings (SSSR count). The van der Waals surface area contributed by atoms with E-state index < -0.39 is 12.0 Å². The highest BCUT2D eigenvalue weighted by atomic mass is 16.5. The second kappa shape index (κ2) is 8.60. The van der Waals surface area contributed by atoms with Crippen LogP contribution in [0.25, 0.3) is 11.0 Å². The molecule has 1 amide bonds. The molecule has 7 nitrogen and oxygen atoms in total. The molecule has 0 saturated heterocycles. The molecule has 0 aliphatic rings. The molecule has 0 spiro atoms. The van der Waals surface area contributed by atoms with Crippen LogP contribution in [0.3, 0.4) is 0 Å². The minimum Gasteiger partial charge on any atom is -0.467 e. The number of rotatable bonds is 7. The molecule has 0 radical (unpaired) electrons. The number of fused-ring (bicyclic) bond motifs is 1. The van der Waals surface area contributed by atoms with E-state index in [0.717, 1.165) is 5.52 Å². The third-order valence-corrected chi connectivity index (χ3v) is 4.17. The maximum Gasteiger partial charge on any atom is 0.328 e. The number of methoxy groups -OCH3 is 1. The van der Waals surface area contributed by atoms with Crippen molar-refractivity contribution in [2.45, 2.75) is 39.2 Å². The van der Waals surface area contributed by atoms with Crippen LogP contribution in [0.2, 0.25) is 0 Å². The molecule has 1 N–H and O–H groups in total. The van der Waals surface area contributed by atoms with E-state index in [9.17, 15) is 14.4 Å². The monoisotopic (exact) mass is 359 g/mol. The average Bonchev–Trinajstić information content (AvgIpc) is 2.62. The maximum atomic E-state index is 12.4. The molecule has 0 unspecified atom stereocenters. The van der Waals surface area contributed by atoms with E-state index in [0.29, 0.717) is 17.6 Å². The van der Waals surface area contributed by atoms with Gasteiger partial charge in [0.05, 0.1) is 18.1 Å². The molecule has 1 heterocycles. The second-order valence-corrected chi connectivity index (χ2v) is 6.68. The Bertz CT molecular complexity index is 857. The van der Waals surface area contributed by atoms with E-state index >= 15 is 0 Å². The Labute approximate surface area is 152 Å². The Morgan fingerprint density at radius 3 is 2.62 bits per heavy atom. The van der Waals surface area contributed by atoms with Crippen LogP contribution in [0.5, 0.6) is 0 Å². The molecule has 1 aromatic carbocycles. The Balaban J connectivity index is 2.09. The number of aryl methyl sites for hydroxylation is 2. The van der Waals surface area contributed by atoms with E-state index in [2.05, 4.69) is 10.3 Å². The molecule has 1 atom stereocenters. The van der Waals surface area contributed by atoms with Gasteiger partial charge in [-0.25, -0.2) is 9.78 Å². The van der Waals surface area contributed by atoms with Gasteiger partial charge in [0, 0.05) is 19.9 Å². The van der Waals surface area contributed by atoms with Crippen LogP contribution >= 0.6 is 0 Å². The number of benzene rings is 1. The summed E-state index contributed by atoms with van der Waals surface area (Å²) in [6.07, 6.45) is 0.777. The summed E-state index contributed by atoms with van der Waals surface area (Å²) in [5.74, 6) is -0.543. The van der Waals surface area contributed by atoms with Crippen LogP contribution in [0.1, 0.15) is 32.4 Å². The largest absolute Gasteiger partial charge is 0.467 e. The number of esters is 1. The Morgan fingerprint density at radius 1 is 1.27 bits per heavy atom. The zero-order valence-electron chi connectivity index (χ0n) is 15.6. The first-order valence-electron chi connectivity index (χ1n) is 8.65. The lowest BCUT2D eigenvalue weighted by molar-refractivity contribution is -0.145. The maximum absolute atomic E-state index is 12.4. The first-order valence-corrected chi connectivity index (χ1v) is 8.65. The molecular formula is C19H25N3O4. The van der Waals surface area contributed by atoms with E-state index in [1.807, 2.05) is 38.1 Å². The number of carbonyl (C=O) groups excluding carboxylic acids is 2. The zero-order valence-corrected chi connectivity index (χ0v) is 15.6. The van der Waals surface area contributed by atoms with Gasteiger partial charge >= 0.3 is 5.97 Å². The summed E-state index contributed by atoms with van der Waals surface area (Å²) in [4.78, 5) is 40.8. The van der Waals surface area contributed by atoms with E-state index in [1.165, 1.54) is 11.7 Å². The van der Waals surface area contributed by atoms with Gasteiger partial charge in [0.1, 0.15) is 11.7 Å². The molecule has 2 aromatic rings. The minimum absolute atomic E-state index is 0.0756. The lowest BCUT2D eigenvalue weighted by atomic mass is 10.0. The molecule has 0 fully saturated rings. The van der Waals surface area contributed by atoms with Gasteiger partial charge in [-0.3, -0.25) is 9.59 Å². The number of hydrogen-bond acceptors (Lipinski definition) is 5. The number of para-hydroxylation sites is 2. The molecule has 0 aliphatic carbocycles. The van der Waals surface area contributed by atoms with Crippen molar-refractivity contribution >= 4 is 22.9 Å². The summed E-state index contributed by atoms with van der Waals surface area (Å²) in [5.41, 5.74) is 1.56. The third-order valence-electron chi connectivity index (χ3n) is 4.17. The molecule has 0 aliphatic heterocycles. The van der Waals surface area contributed by atoms with Gasteiger partial charge in [0.25, 0.3) is 5.56 Å². The van der Waals surface area contributed by atoms with Crippen LogP contribution in [-0.2, 0) is 27.8 Å². The average molecular weight is 359 g/mol. The topological polar surface area (TPSA) is 90.3 Å². The van der Waals surface area contributed by atoms with Gasteiger partial charge in [0.2, 0.25) is 5.91 Å². The van der Waals surface area contributed by atoms with Crippen LogP contribution in [-0.4, -0.2) is 34.6 Å². The van der Waals surface area contributed by atoms with Gasteiger partial charge in [0.15, 0.2) is 0 Å². The molecule has 7 heteroatoms. The number of amides is 1. The molecule has 26 heavy (non-hydrogen) atoms. The van der Waals surface area contributed by atoms with Crippen molar-refractivity contribution in [3.63, 3.8) is 0 Å². The SMILES string of the molecule is COC(=O)[C@@H](CC(C)C)NC(=O)CCc1nc2ccccc2n(C)c1=O. The standard InChI is InChI=1S/C19H25N3O4/c1-12(2)11-15(19(25)26-4)21-17(23)10-9-14-18(24)22(3)16-8-6-5-7-13(16)20-14/h5-8,12,15H,9-11H2,1-4H3,(H,21,23)/t15-/m1/s1. The normalized spacial score (nSPS) is 12.2. The minimum atomic E-state index is -0.681. The van der Waals surface area contributed by atoms with Crippen molar-refractivity contribution in [3.05, 3.63) is 40.3 Å². The fraction of sp³-hybridized carbons (Fsp3) is 0.474. The molecular weight excluding hydrogens is 334 g/mol. The highest BCUT2D eigenvalue weighted by Crippen LogP contribution is 2.10. The van der Waals surface area contributed by atoms with Gasteiger partial charge in [-0.05, 0) is 24.5 Å². The molecule has 140 valence electrons. The third kappa shape index (κ3) is 4.68. The predicted molar refractivity (Wildman–Crippen MR) is 98.7 cm³/mol. The van der Waals surface area contributed by atoms with E-state index in [4.69, 9.17) is 4.74 Å². The summed E-state index contributed by atoms with van der Waals surface area (Å²) >= 11 is 0. The van der Waals surface area contributed by atoms with E-state index in [-0.39, 0.29) is 30.2 Å². The molecule has 0 saturated carbocycles. The van der Waals surface area contributed by atoms with Gasteiger partial charge < -0.3 is 14.6 Å². The van der Waals surface area contributed by atoms with Crippen molar-refractivity contribution in [2.24, 2.45) is 13.0 Å². The lowest BCUT2D eigenvalue weighted by Gasteiger charge is -2.18. The summed E-state index contributed by atoms with van der Waals surface area (Å²) in [6.45, 7) is 3.93. The first-order chi connectivity index (χ1) is 12.3. The number of carbonyl (C=O) groups is 2. The summed E-state index contributed by atoms with van der Waals surface area (Å²) < 4.78 is 6.27. The molecule has 0 bridgehead atoms. The summed E-state index contributed by atoms with van der Waals surface area (Å²) in [7, 11) is 2.98. The lowest BCUT2D eigenvalue weighted by Crippen LogP contribution is -2.42.